The van der Waals surface area contributed by atoms with Crippen LogP contribution >= 0.6 is 11.8 Å². The van der Waals surface area contributed by atoms with Crippen LogP contribution < -0.4 is 14.4 Å². The fourth-order valence-electron chi connectivity index (χ4n) is 5.21. The van der Waals surface area contributed by atoms with E-state index in [1.54, 1.807) is 14.2 Å². The van der Waals surface area contributed by atoms with Crippen molar-refractivity contribution in [3.8, 4) is 11.5 Å². The smallest absolute Gasteiger partial charge is 0.160 e. The van der Waals surface area contributed by atoms with Gasteiger partial charge in [0.05, 0.1) is 31.6 Å². The van der Waals surface area contributed by atoms with E-state index >= 15 is 0 Å². The van der Waals surface area contributed by atoms with Crippen LogP contribution in [-0.4, -0.2) is 54.2 Å². The molecule has 0 unspecified atom stereocenters. The van der Waals surface area contributed by atoms with Crippen LogP contribution in [0.15, 0.2) is 41.5 Å². The maximum Gasteiger partial charge on any atom is 0.160 e. The summed E-state index contributed by atoms with van der Waals surface area (Å²) in [4.78, 5) is 14.8. The number of methoxy groups -OCH3 is 2. The van der Waals surface area contributed by atoms with E-state index in [0.717, 1.165) is 58.9 Å². The third-order valence-electron chi connectivity index (χ3n) is 6.88. The summed E-state index contributed by atoms with van der Waals surface area (Å²) in [5.41, 5.74) is 3.25. The van der Waals surface area contributed by atoms with Crippen LogP contribution in [0, 0.1) is 0 Å². The molecule has 3 aliphatic rings. The van der Waals surface area contributed by atoms with Gasteiger partial charge in [-0.3, -0.25) is 9.98 Å². The van der Waals surface area contributed by atoms with Crippen molar-refractivity contribution in [3.05, 3.63) is 47.8 Å². The third kappa shape index (κ3) is 3.70. The lowest BCUT2D eigenvalue weighted by molar-refractivity contribution is 0.248. The van der Waals surface area contributed by atoms with Gasteiger partial charge in [-0.05, 0) is 43.9 Å². The molecule has 1 aromatic carbocycles. The number of nitrogens with zero attached hydrogens (tertiary/aromatic N) is 4. The molecule has 0 aliphatic carbocycles. The zero-order chi connectivity index (χ0) is 22.1. The lowest BCUT2D eigenvalue weighted by atomic mass is 9.93. The molecule has 6 nitrogen and oxygen atoms in total. The summed E-state index contributed by atoms with van der Waals surface area (Å²) in [7, 11) is 3.54. The van der Waals surface area contributed by atoms with Gasteiger partial charge in [0.15, 0.2) is 5.17 Å². The average molecular weight is 453 g/mol. The zero-order valence-electron chi connectivity index (χ0n) is 19.2. The Bertz CT molecular complexity index is 977. The zero-order valence-corrected chi connectivity index (χ0v) is 20.0. The molecule has 32 heavy (non-hydrogen) atoms. The van der Waals surface area contributed by atoms with E-state index in [1.165, 1.54) is 19.3 Å². The molecule has 7 heteroatoms. The Morgan fingerprint density at radius 1 is 1.06 bits per heavy atom. The molecule has 0 N–H and O–H groups in total. The van der Waals surface area contributed by atoms with Gasteiger partial charge >= 0.3 is 0 Å². The molecule has 0 radical (unpaired) electrons. The molecule has 2 fully saturated rings. The Labute approximate surface area is 195 Å². The summed E-state index contributed by atoms with van der Waals surface area (Å²) in [5.74, 6) is 2.89. The number of aromatic nitrogens is 1. The van der Waals surface area contributed by atoms with Gasteiger partial charge in [0.2, 0.25) is 0 Å². The second-order valence-corrected chi connectivity index (χ2v) is 9.64. The second kappa shape index (κ2) is 9.22. The van der Waals surface area contributed by atoms with Crippen molar-refractivity contribution in [3.63, 3.8) is 0 Å². The van der Waals surface area contributed by atoms with Crippen molar-refractivity contribution in [2.45, 2.75) is 50.7 Å². The van der Waals surface area contributed by atoms with Gasteiger partial charge in [-0.2, -0.15) is 0 Å². The van der Waals surface area contributed by atoms with E-state index in [-0.39, 0.29) is 12.1 Å². The fraction of sp³-hybridized carbons (Fsp3) is 0.520. The van der Waals surface area contributed by atoms with Gasteiger partial charge in [0, 0.05) is 42.7 Å². The van der Waals surface area contributed by atoms with E-state index in [1.807, 2.05) is 30.1 Å². The number of ether oxygens (including phenoxy) is 2. The Morgan fingerprint density at radius 3 is 2.56 bits per heavy atom. The van der Waals surface area contributed by atoms with Gasteiger partial charge in [-0.1, -0.05) is 24.8 Å². The summed E-state index contributed by atoms with van der Waals surface area (Å²) < 4.78 is 11.9. The standard InChI is InChI=1S/C25H32N4O2S/c1-4-17-16-32-25-27-23(19-10-6-7-11-26-19)24(29(17)25)18-14-22(31-3)20(15-21(18)30-2)28-12-8-5-9-13-28/h6-7,10-11,14-15,17,23-24H,4-5,8-9,12-13,16H2,1-3H3/t17-,23+,24+/m0/s1. The van der Waals surface area contributed by atoms with Crippen LogP contribution in [0.4, 0.5) is 5.69 Å². The molecule has 0 spiro atoms. The first-order valence-electron chi connectivity index (χ1n) is 11.7. The monoisotopic (exact) mass is 452 g/mol. The fourth-order valence-corrected chi connectivity index (χ4v) is 6.54. The Morgan fingerprint density at radius 2 is 1.88 bits per heavy atom. The molecule has 0 bridgehead atoms. The predicted octanol–water partition coefficient (Wildman–Crippen LogP) is 5.07. The summed E-state index contributed by atoms with van der Waals surface area (Å²) in [6, 6.07) is 10.9. The van der Waals surface area contributed by atoms with Crippen molar-refractivity contribution in [1.29, 1.82) is 0 Å². The number of pyridine rings is 1. The first kappa shape index (κ1) is 21.4. The molecular weight excluding hydrogens is 420 g/mol. The van der Waals surface area contributed by atoms with Crippen molar-refractivity contribution in [2.24, 2.45) is 4.99 Å². The molecule has 0 amide bonds. The van der Waals surface area contributed by atoms with Crippen LogP contribution in [0.5, 0.6) is 11.5 Å². The maximum atomic E-state index is 6.00. The van der Waals surface area contributed by atoms with E-state index in [9.17, 15) is 0 Å². The number of hydrogen-bond acceptors (Lipinski definition) is 7. The van der Waals surface area contributed by atoms with Crippen LogP contribution in [0.3, 0.4) is 0 Å². The summed E-state index contributed by atoms with van der Waals surface area (Å²) in [6.07, 6.45) is 6.68. The highest BCUT2D eigenvalue weighted by molar-refractivity contribution is 8.14. The normalized spacial score (nSPS) is 25.0. The van der Waals surface area contributed by atoms with Crippen molar-refractivity contribution in [2.75, 3.05) is 38.0 Å². The highest BCUT2D eigenvalue weighted by Crippen LogP contribution is 2.52. The largest absolute Gasteiger partial charge is 0.496 e. The van der Waals surface area contributed by atoms with Crippen LogP contribution in [-0.2, 0) is 0 Å². The maximum absolute atomic E-state index is 6.00. The topological polar surface area (TPSA) is 50.2 Å². The number of fused-ring (bicyclic) bond motifs is 1. The molecular formula is C25H32N4O2S. The first-order valence-corrected chi connectivity index (χ1v) is 12.6. The Balaban J connectivity index is 1.61. The number of thioether (sulfide) groups is 1. The molecule has 3 aliphatic heterocycles. The third-order valence-corrected chi connectivity index (χ3v) is 8.00. The summed E-state index contributed by atoms with van der Waals surface area (Å²) >= 11 is 1.86. The number of amidine groups is 1. The van der Waals surface area contributed by atoms with Crippen molar-refractivity contribution < 1.29 is 9.47 Å². The van der Waals surface area contributed by atoms with Crippen molar-refractivity contribution in [1.82, 2.24) is 9.88 Å². The molecule has 170 valence electrons. The van der Waals surface area contributed by atoms with E-state index in [4.69, 9.17) is 14.5 Å². The number of hydrogen-bond donors (Lipinski definition) is 0. The average Bonchev–Trinajstić information content (AvgIpc) is 3.43. The van der Waals surface area contributed by atoms with Gasteiger partial charge in [0.1, 0.15) is 17.5 Å². The molecule has 1 aromatic heterocycles. The number of anilines is 1. The summed E-state index contributed by atoms with van der Waals surface area (Å²) in [6.45, 7) is 4.39. The van der Waals surface area contributed by atoms with Gasteiger partial charge < -0.3 is 19.3 Å². The number of rotatable bonds is 6. The molecule has 2 saturated heterocycles. The van der Waals surface area contributed by atoms with Crippen LogP contribution in [0.2, 0.25) is 0 Å². The van der Waals surface area contributed by atoms with Crippen molar-refractivity contribution >= 4 is 22.6 Å². The first-order chi connectivity index (χ1) is 15.7. The highest BCUT2D eigenvalue weighted by Gasteiger charge is 2.46. The Kier molecular flexibility index (Phi) is 6.17. The van der Waals surface area contributed by atoms with E-state index in [2.05, 4.69) is 39.9 Å². The van der Waals surface area contributed by atoms with Crippen LogP contribution in [0.1, 0.15) is 55.9 Å². The quantitative estimate of drug-likeness (QED) is 0.610. The van der Waals surface area contributed by atoms with Gasteiger partial charge in [0.25, 0.3) is 0 Å². The molecule has 2 aromatic rings. The summed E-state index contributed by atoms with van der Waals surface area (Å²) in [5, 5.41) is 1.12. The van der Waals surface area contributed by atoms with E-state index < -0.39 is 0 Å². The SMILES string of the molecule is CC[C@H]1CSC2=N[C@H](c3ccccn3)[C@@H](c3cc(OC)c(N4CCCCC4)cc3OC)N21. The predicted molar refractivity (Wildman–Crippen MR) is 131 cm³/mol. The minimum atomic E-state index is -0.0625. The van der Waals surface area contributed by atoms with Gasteiger partial charge in [-0.15, -0.1) is 0 Å². The molecule has 5 rings (SSSR count). The molecule has 4 heterocycles. The number of aliphatic imine (C=N–C) groups is 1. The minimum absolute atomic E-state index is 0.0408. The number of piperidine rings is 1. The van der Waals surface area contributed by atoms with E-state index in [0.29, 0.717) is 6.04 Å². The second-order valence-electron chi connectivity index (χ2n) is 8.65. The lowest BCUT2D eigenvalue weighted by Crippen LogP contribution is -2.35. The highest BCUT2D eigenvalue weighted by atomic mass is 32.2. The minimum Gasteiger partial charge on any atom is -0.496 e. The molecule has 0 saturated carbocycles. The number of benzene rings is 1. The van der Waals surface area contributed by atoms with Crippen LogP contribution in [0.25, 0.3) is 0 Å². The molecule has 3 atom stereocenters. The lowest BCUT2D eigenvalue weighted by Gasteiger charge is -2.34. The van der Waals surface area contributed by atoms with Gasteiger partial charge in [-0.25, -0.2) is 0 Å². The Hall–Kier alpha value is -2.41.